The molecule has 1 aliphatic carbocycles. The standard InChI is InChI=1S/C21H23N5O2/c1-13(27)23-20-10-19-16(11-22-20)18(9-14-5-6-14)25-26(19)21-4-2-3-17(24-21)15-7-8-28-12-15/h2-4,10-11,14-15H,5-9,12H2,1H3,(H,22,23,27). The second kappa shape index (κ2) is 6.98. The Morgan fingerprint density at radius 3 is 2.96 bits per heavy atom. The Kier molecular flexibility index (Phi) is 4.31. The van der Waals surface area contributed by atoms with E-state index in [9.17, 15) is 4.79 Å². The quantitative estimate of drug-likeness (QED) is 0.738. The van der Waals surface area contributed by atoms with Gasteiger partial charge in [-0.1, -0.05) is 6.07 Å². The van der Waals surface area contributed by atoms with Crippen LogP contribution in [-0.2, 0) is 16.0 Å². The molecule has 2 fully saturated rings. The van der Waals surface area contributed by atoms with Gasteiger partial charge in [0.2, 0.25) is 5.91 Å². The topological polar surface area (TPSA) is 81.9 Å². The van der Waals surface area contributed by atoms with Crippen molar-refractivity contribution in [2.24, 2.45) is 5.92 Å². The van der Waals surface area contributed by atoms with Gasteiger partial charge in [0, 0.05) is 42.8 Å². The number of amides is 1. The highest BCUT2D eigenvalue weighted by atomic mass is 16.5. The maximum Gasteiger partial charge on any atom is 0.222 e. The number of carbonyl (C=O) groups is 1. The third-order valence-electron chi connectivity index (χ3n) is 5.45. The molecule has 0 bridgehead atoms. The van der Waals surface area contributed by atoms with Gasteiger partial charge >= 0.3 is 0 Å². The number of hydrogen-bond donors (Lipinski definition) is 1. The lowest BCUT2D eigenvalue weighted by molar-refractivity contribution is -0.114. The van der Waals surface area contributed by atoms with E-state index in [4.69, 9.17) is 14.8 Å². The predicted molar refractivity (Wildman–Crippen MR) is 106 cm³/mol. The summed E-state index contributed by atoms with van der Waals surface area (Å²) in [6.07, 6.45) is 6.31. The van der Waals surface area contributed by atoms with Gasteiger partial charge < -0.3 is 10.1 Å². The van der Waals surface area contributed by atoms with Crippen molar-refractivity contribution < 1.29 is 9.53 Å². The fourth-order valence-corrected chi connectivity index (χ4v) is 3.79. The zero-order valence-electron chi connectivity index (χ0n) is 15.9. The molecule has 3 aromatic heterocycles. The van der Waals surface area contributed by atoms with Gasteiger partial charge in [0.15, 0.2) is 5.82 Å². The molecule has 7 nitrogen and oxygen atoms in total. The number of pyridine rings is 2. The average molecular weight is 377 g/mol. The van der Waals surface area contributed by atoms with Crippen molar-refractivity contribution in [1.82, 2.24) is 19.7 Å². The number of carbonyl (C=O) groups excluding carboxylic acids is 1. The maximum absolute atomic E-state index is 11.5. The number of anilines is 1. The summed E-state index contributed by atoms with van der Waals surface area (Å²) in [5.74, 6) is 2.23. The summed E-state index contributed by atoms with van der Waals surface area (Å²) >= 11 is 0. The van der Waals surface area contributed by atoms with Crippen molar-refractivity contribution in [3.05, 3.63) is 41.9 Å². The van der Waals surface area contributed by atoms with Crippen molar-refractivity contribution in [3.63, 3.8) is 0 Å². The fourth-order valence-electron chi connectivity index (χ4n) is 3.79. The lowest BCUT2D eigenvalue weighted by Crippen LogP contribution is -2.08. The molecule has 0 radical (unpaired) electrons. The number of fused-ring (bicyclic) bond motifs is 1. The summed E-state index contributed by atoms with van der Waals surface area (Å²) in [5, 5.41) is 8.69. The van der Waals surface area contributed by atoms with Gasteiger partial charge in [-0.05, 0) is 43.7 Å². The SMILES string of the molecule is CC(=O)Nc1cc2c(cn1)c(CC1CC1)nn2-c1cccc(C2CCOC2)n1. The van der Waals surface area contributed by atoms with Crippen LogP contribution in [0.25, 0.3) is 16.7 Å². The van der Waals surface area contributed by atoms with Gasteiger partial charge in [0.25, 0.3) is 0 Å². The third-order valence-corrected chi connectivity index (χ3v) is 5.45. The first-order valence-corrected chi connectivity index (χ1v) is 9.87. The normalized spacial score (nSPS) is 19.2. The number of aromatic nitrogens is 4. The molecule has 1 aliphatic heterocycles. The number of hydrogen-bond acceptors (Lipinski definition) is 5. The highest BCUT2D eigenvalue weighted by Gasteiger charge is 2.26. The second-order valence-electron chi connectivity index (χ2n) is 7.76. The van der Waals surface area contributed by atoms with E-state index in [1.807, 2.05) is 29.1 Å². The summed E-state index contributed by atoms with van der Waals surface area (Å²) in [7, 11) is 0. The molecule has 1 unspecified atom stereocenters. The molecule has 144 valence electrons. The van der Waals surface area contributed by atoms with Crippen LogP contribution in [0.2, 0.25) is 0 Å². The number of ether oxygens (including phenoxy) is 1. The van der Waals surface area contributed by atoms with E-state index in [-0.39, 0.29) is 5.91 Å². The molecule has 28 heavy (non-hydrogen) atoms. The lowest BCUT2D eigenvalue weighted by atomic mass is 10.0. The number of nitrogens with zero attached hydrogens (tertiary/aromatic N) is 4. The molecule has 5 rings (SSSR count). The Labute approximate surface area is 163 Å². The van der Waals surface area contributed by atoms with Gasteiger partial charge in [-0.25, -0.2) is 14.6 Å². The van der Waals surface area contributed by atoms with Crippen molar-refractivity contribution in [3.8, 4) is 5.82 Å². The van der Waals surface area contributed by atoms with Crippen molar-refractivity contribution in [2.75, 3.05) is 18.5 Å². The van der Waals surface area contributed by atoms with Crippen LogP contribution in [0.5, 0.6) is 0 Å². The average Bonchev–Trinajstić information content (AvgIpc) is 3.20. The first kappa shape index (κ1) is 17.3. The van der Waals surface area contributed by atoms with Crippen molar-refractivity contribution >= 4 is 22.6 Å². The van der Waals surface area contributed by atoms with Crippen LogP contribution in [0.4, 0.5) is 5.82 Å². The Hall–Kier alpha value is -2.80. The van der Waals surface area contributed by atoms with Crippen LogP contribution in [-0.4, -0.2) is 38.9 Å². The van der Waals surface area contributed by atoms with E-state index < -0.39 is 0 Å². The van der Waals surface area contributed by atoms with Gasteiger partial charge in [-0.3, -0.25) is 4.79 Å². The molecule has 1 saturated heterocycles. The molecule has 4 heterocycles. The van der Waals surface area contributed by atoms with E-state index in [2.05, 4.69) is 16.4 Å². The number of nitrogens with one attached hydrogen (secondary N) is 1. The Morgan fingerprint density at radius 1 is 1.32 bits per heavy atom. The van der Waals surface area contributed by atoms with Gasteiger partial charge in [0.1, 0.15) is 5.82 Å². The second-order valence-corrected chi connectivity index (χ2v) is 7.76. The van der Waals surface area contributed by atoms with E-state index in [0.717, 1.165) is 60.1 Å². The molecular weight excluding hydrogens is 354 g/mol. The molecule has 1 amide bonds. The minimum absolute atomic E-state index is 0.141. The minimum atomic E-state index is -0.141. The molecule has 0 spiro atoms. The first-order valence-electron chi connectivity index (χ1n) is 9.87. The van der Waals surface area contributed by atoms with Gasteiger partial charge in [-0.2, -0.15) is 5.10 Å². The smallest absolute Gasteiger partial charge is 0.222 e. The molecule has 1 N–H and O–H groups in total. The summed E-state index contributed by atoms with van der Waals surface area (Å²) < 4.78 is 7.41. The molecule has 2 aliphatic rings. The van der Waals surface area contributed by atoms with E-state index in [1.54, 1.807) is 0 Å². The van der Waals surface area contributed by atoms with Gasteiger partial charge in [-0.15, -0.1) is 0 Å². The minimum Gasteiger partial charge on any atom is -0.381 e. The van der Waals surface area contributed by atoms with Gasteiger partial charge in [0.05, 0.1) is 17.8 Å². The Balaban J connectivity index is 1.60. The third kappa shape index (κ3) is 3.38. The van der Waals surface area contributed by atoms with E-state index >= 15 is 0 Å². The molecule has 3 aromatic rings. The first-order chi connectivity index (χ1) is 13.7. The summed E-state index contributed by atoms with van der Waals surface area (Å²) in [5.41, 5.74) is 3.01. The van der Waals surface area contributed by atoms with E-state index in [0.29, 0.717) is 11.7 Å². The van der Waals surface area contributed by atoms with Crippen LogP contribution >= 0.6 is 0 Å². The van der Waals surface area contributed by atoms with Crippen LogP contribution in [0.3, 0.4) is 0 Å². The van der Waals surface area contributed by atoms with Crippen molar-refractivity contribution in [2.45, 2.75) is 38.5 Å². The van der Waals surface area contributed by atoms with Crippen LogP contribution in [0, 0.1) is 5.92 Å². The number of rotatable bonds is 5. The largest absolute Gasteiger partial charge is 0.381 e. The molecule has 7 heteroatoms. The summed E-state index contributed by atoms with van der Waals surface area (Å²) in [6.45, 7) is 2.99. The Bertz CT molecular complexity index is 1030. The molecule has 0 aromatic carbocycles. The summed E-state index contributed by atoms with van der Waals surface area (Å²) in [4.78, 5) is 20.7. The zero-order chi connectivity index (χ0) is 19.1. The van der Waals surface area contributed by atoms with Crippen LogP contribution in [0.15, 0.2) is 30.5 Å². The lowest BCUT2D eigenvalue weighted by Gasteiger charge is -2.10. The Morgan fingerprint density at radius 2 is 2.21 bits per heavy atom. The molecule has 1 atom stereocenters. The zero-order valence-corrected chi connectivity index (χ0v) is 15.9. The highest BCUT2D eigenvalue weighted by molar-refractivity contribution is 5.91. The highest BCUT2D eigenvalue weighted by Crippen LogP contribution is 2.35. The van der Waals surface area contributed by atoms with Crippen molar-refractivity contribution in [1.29, 1.82) is 0 Å². The molecular formula is C21H23N5O2. The fraction of sp³-hybridized carbons (Fsp3) is 0.429. The van der Waals surface area contributed by atoms with Crippen LogP contribution in [0.1, 0.15) is 43.5 Å². The predicted octanol–water partition coefficient (Wildman–Crippen LogP) is 3.23. The maximum atomic E-state index is 11.5. The molecule has 1 saturated carbocycles. The summed E-state index contributed by atoms with van der Waals surface area (Å²) in [6, 6.07) is 7.95. The van der Waals surface area contributed by atoms with Crippen LogP contribution < -0.4 is 5.32 Å². The van der Waals surface area contributed by atoms with E-state index in [1.165, 1.54) is 19.8 Å². The monoisotopic (exact) mass is 377 g/mol.